The quantitative estimate of drug-likeness (QED) is 0.304. The zero-order valence-corrected chi connectivity index (χ0v) is 22.0. The number of benzene rings is 1. The highest BCUT2D eigenvalue weighted by Crippen LogP contribution is 2.28. The molecule has 216 valence electrons. The molecule has 1 fully saturated rings. The van der Waals surface area contributed by atoms with Gasteiger partial charge in [-0.2, -0.15) is 18.3 Å². The first-order valence-corrected chi connectivity index (χ1v) is 12.6. The van der Waals surface area contributed by atoms with Gasteiger partial charge in [0, 0.05) is 49.2 Å². The predicted octanol–water partition coefficient (Wildman–Crippen LogP) is 4.43. The molecule has 3 aromatic heterocycles. The van der Waals surface area contributed by atoms with Gasteiger partial charge in [0.2, 0.25) is 5.91 Å². The van der Waals surface area contributed by atoms with Crippen LogP contribution in [0.5, 0.6) is 0 Å². The van der Waals surface area contributed by atoms with Crippen molar-refractivity contribution >= 4 is 29.7 Å². The van der Waals surface area contributed by atoms with E-state index in [1.54, 1.807) is 36.6 Å². The summed E-state index contributed by atoms with van der Waals surface area (Å²) in [6.07, 6.45) is 4.68. The second-order valence-corrected chi connectivity index (χ2v) is 9.34. The van der Waals surface area contributed by atoms with Crippen molar-refractivity contribution in [2.75, 3.05) is 25.0 Å². The standard InChI is InChI=1S/C26H26F3N7O2.CH2O2/c1-17(37)34-8-6-22(7-9-34)36-15-20(13-32-36)18-5-10-35-23(14-30-24(35)12-18)19-3-2-4-21(11-19)33-25(38)31-16-26(27,28)29;2-1-3/h2-5,10-15,22H,6-9,16H2,1H3,(H2,31,33,38);1H,(H,2,3). The number of pyridine rings is 1. The van der Waals surface area contributed by atoms with Crippen LogP contribution in [0.1, 0.15) is 25.8 Å². The molecule has 14 heteroatoms. The Morgan fingerprint density at radius 1 is 1.10 bits per heavy atom. The zero-order valence-electron chi connectivity index (χ0n) is 22.0. The number of aromatic nitrogens is 4. The summed E-state index contributed by atoms with van der Waals surface area (Å²) in [5.41, 5.74) is 4.49. The molecule has 0 bridgehead atoms. The number of imidazole rings is 1. The fourth-order valence-corrected chi connectivity index (χ4v) is 4.62. The molecule has 0 spiro atoms. The Bertz CT molecular complexity index is 1520. The van der Waals surface area contributed by atoms with Crippen molar-refractivity contribution < 1.29 is 32.7 Å². The van der Waals surface area contributed by atoms with E-state index in [9.17, 15) is 22.8 Å². The number of carbonyl (C=O) groups excluding carboxylic acids is 2. The fraction of sp³-hybridized carbons (Fsp3) is 0.296. The Hall–Kier alpha value is -4.88. The van der Waals surface area contributed by atoms with Gasteiger partial charge in [0.25, 0.3) is 6.47 Å². The summed E-state index contributed by atoms with van der Waals surface area (Å²) in [5, 5.41) is 15.7. The molecule has 3 amide bonds. The maximum absolute atomic E-state index is 12.3. The number of hydrogen-bond acceptors (Lipinski definition) is 5. The van der Waals surface area contributed by atoms with E-state index in [-0.39, 0.29) is 18.4 Å². The Morgan fingerprint density at radius 3 is 2.51 bits per heavy atom. The highest BCUT2D eigenvalue weighted by molar-refractivity contribution is 5.90. The van der Waals surface area contributed by atoms with Crippen LogP contribution in [0.3, 0.4) is 0 Å². The number of anilines is 1. The lowest BCUT2D eigenvalue weighted by molar-refractivity contribution is -0.130. The van der Waals surface area contributed by atoms with Gasteiger partial charge in [-0.25, -0.2) is 9.78 Å². The molecule has 0 aliphatic carbocycles. The van der Waals surface area contributed by atoms with E-state index in [2.05, 4.69) is 15.4 Å². The van der Waals surface area contributed by atoms with Crippen LogP contribution in [0.2, 0.25) is 0 Å². The van der Waals surface area contributed by atoms with E-state index >= 15 is 0 Å². The molecular formula is C27H28F3N7O4. The topological polar surface area (TPSA) is 134 Å². The normalized spacial score (nSPS) is 13.8. The average Bonchev–Trinajstić information content (AvgIpc) is 3.60. The van der Waals surface area contributed by atoms with Crippen molar-refractivity contribution in [1.29, 1.82) is 0 Å². The molecule has 4 heterocycles. The lowest BCUT2D eigenvalue weighted by atomic mass is 10.1. The number of amides is 3. The molecule has 1 aromatic carbocycles. The molecule has 0 radical (unpaired) electrons. The number of hydrogen-bond donors (Lipinski definition) is 3. The summed E-state index contributed by atoms with van der Waals surface area (Å²) in [5.74, 6) is 0.103. The van der Waals surface area contributed by atoms with E-state index in [4.69, 9.17) is 9.90 Å². The van der Waals surface area contributed by atoms with Gasteiger partial charge in [0.05, 0.1) is 24.1 Å². The van der Waals surface area contributed by atoms with Crippen LogP contribution in [0.4, 0.5) is 23.7 Å². The van der Waals surface area contributed by atoms with Gasteiger partial charge in [-0.3, -0.25) is 18.7 Å². The maximum Gasteiger partial charge on any atom is 0.405 e. The number of urea groups is 1. The minimum absolute atomic E-state index is 0.103. The predicted molar refractivity (Wildman–Crippen MR) is 144 cm³/mol. The highest BCUT2D eigenvalue weighted by Gasteiger charge is 2.27. The number of likely N-dealkylation sites (tertiary alicyclic amines) is 1. The van der Waals surface area contributed by atoms with Gasteiger partial charge in [-0.15, -0.1) is 0 Å². The third kappa shape index (κ3) is 7.41. The smallest absolute Gasteiger partial charge is 0.405 e. The minimum atomic E-state index is -4.48. The molecule has 3 N–H and O–H groups in total. The summed E-state index contributed by atoms with van der Waals surface area (Å²) in [6, 6.07) is 10.0. The summed E-state index contributed by atoms with van der Waals surface area (Å²) in [7, 11) is 0. The van der Waals surface area contributed by atoms with Crippen LogP contribution in [-0.2, 0) is 9.59 Å². The van der Waals surface area contributed by atoms with Crippen LogP contribution in [-0.4, -0.2) is 73.4 Å². The number of carboxylic acid groups (broad SMARTS) is 1. The van der Waals surface area contributed by atoms with Crippen molar-refractivity contribution in [2.45, 2.75) is 32.0 Å². The molecule has 5 rings (SSSR count). The molecule has 1 aliphatic rings. The summed E-state index contributed by atoms with van der Waals surface area (Å²) < 4.78 is 40.9. The summed E-state index contributed by atoms with van der Waals surface area (Å²) >= 11 is 0. The lowest BCUT2D eigenvalue weighted by Gasteiger charge is -2.31. The monoisotopic (exact) mass is 571 g/mol. The Labute approximate surface area is 232 Å². The number of rotatable bonds is 5. The molecular weight excluding hydrogens is 543 g/mol. The van der Waals surface area contributed by atoms with Crippen molar-refractivity contribution in [3.05, 3.63) is 61.2 Å². The maximum atomic E-state index is 12.3. The molecule has 0 saturated carbocycles. The van der Waals surface area contributed by atoms with E-state index in [0.717, 1.165) is 48.3 Å². The number of alkyl halides is 3. The molecule has 1 saturated heterocycles. The summed E-state index contributed by atoms with van der Waals surface area (Å²) in [6.45, 7) is 1.39. The first-order chi connectivity index (χ1) is 19.6. The molecule has 0 unspecified atom stereocenters. The van der Waals surface area contributed by atoms with Crippen molar-refractivity contribution in [2.24, 2.45) is 0 Å². The highest BCUT2D eigenvalue weighted by atomic mass is 19.4. The number of fused-ring (bicyclic) bond motifs is 1. The van der Waals surface area contributed by atoms with Gasteiger partial charge in [-0.1, -0.05) is 12.1 Å². The van der Waals surface area contributed by atoms with Crippen LogP contribution >= 0.6 is 0 Å². The fourth-order valence-electron chi connectivity index (χ4n) is 4.62. The second kappa shape index (κ2) is 12.5. The van der Waals surface area contributed by atoms with Crippen LogP contribution in [0.15, 0.2) is 61.2 Å². The van der Waals surface area contributed by atoms with Crippen LogP contribution < -0.4 is 10.6 Å². The SMILES string of the molecule is CC(=O)N1CCC(n2cc(-c3ccn4c(-c5cccc(NC(=O)NCC(F)(F)F)c5)cnc4c3)cn2)CC1.O=CO. The first-order valence-electron chi connectivity index (χ1n) is 12.6. The van der Waals surface area contributed by atoms with Crippen molar-refractivity contribution in [3.63, 3.8) is 0 Å². The number of nitrogens with zero attached hydrogens (tertiary/aromatic N) is 5. The van der Waals surface area contributed by atoms with Gasteiger partial charge >= 0.3 is 12.2 Å². The molecule has 4 aromatic rings. The van der Waals surface area contributed by atoms with E-state index < -0.39 is 18.8 Å². The third-order valence-electron chi connectivity index (χ3n) is 6.60. The number of nitrogens with one attached hydrogen (secondary N) is 2. The van der Waals surface area contributed by atoms with Gasteiger partial charge < -0.3 is 20.6 Å². The van der Waals surface area contributed by atoms with Crippen molar-refractivity contribution in [1.82, 2.24) is 29.4 Å². The molecule has 0 atom stereocenters. The number of halogens is 3. The van der Waals surface area contributed by atoms with E-state index in [1.165, 1.54) is 0 Å². The van der Waals surface area contributed by atoms with Crippen LogP contribution in [0, 0.1) is 0 Å². The number of carbonyl (C=O) groups is 3. The van der Waals surface area contributed by atoms with E-state index in [0.29, 0.717) is 11.3 Å². The van der Waals surface area contributed by atoms with Gasteiger partial charge in [0.1, 0.15) is 12.2 Å². The van der Waals surface area contributed by atoms with Crippen LogP contribution in [0.25, 0.3) is 28.0 Å². The summed E-state index contributed by atoms with van der Waals surface area (Å²) in [4.78, 5) is 38.2. The molecule has 41 heavy (non-hydrogen) atoms. The Morgan fingerprint density at radius 2 is 1.83 bits per heavy atom. The zero-order chi connectivity index (χ0) is 29.6. The third-order valence-corrected chi connectivity index (χ3v) is 6.60. The Balaban J connectivity index is 0.00000124. The second-order valence-electron chi connectivity index (χ2n) is 9.34. The van der Waals surface area contributed by atoms with E-state index in [1.807, 2.05) is 50.8 Å². The van der Waals surface area contributed by atoms with Gasteiger partial charge in [-0.05, 0) is 42.7 Å². The minimum Gasteiger partial charge on any atom is -0.483 e. The van der Waals surface area contributed by atoms with Crippen molar-refractivity contribution in [3.8, 4) is 22.4 Å². The van der Waals surface area contributed by atoms with Gasteiger partial charge in [0.15, 0.2) is 0 Å². The Kier molecular flexibility index (Phi) is 8.90. The largest absolute Gasteiger partial charge is 0.483 e. The average molecular weight is 572 g/mol. The lowest BCUT2D eigenvalue weighted by Crippen LogP contribution is -2.37. The molecule has 1 aliphatic heterocycles. The first kappa shape index (κ1) is 29.1. The number of piperidine rings is 1. The molecule has 11 nitrogen and oxygen atoms in total.